The van der Waals surface area contributed by atoms with Crippen LogP contribution in [0.2, 0.25) is 0 Å². The van der Waals surface area contributed by atoms with Crippen molar-refractivity contribution < 1.29 is 13.9 Å². The molecule has 32 heavy (non-hydrogen) atoms. The van der Waals surface area contributed by atoms with Gasteiger partial charge in [0, 0.05) is 11.7 Å². The Balaban J connectivity index is 1.51. The van der Waals surface area contributed by atoms with E-state index in [0.29, 0.717) is 11.0 Å². The van der Waals surface area contributed by atoms with Gasteiger partial charge in [0.2, 0.25) is 5.91 Å². The van der Waals surface area contributed by atoms with Crippen LogP contribution in [0.4, 0.5) is 4.39 Å². The first kappa shape index (κ1) is 22.3. The van der Waals surface area contributed by atoms with E-state index >= 15 is 0 Å². The number of para-hydroxylation sites is 2. The molecule has 4 rings (SSSR count). The molecule has 0 aliphatic heterocycles. The number of rotatable bonds is 8. The summed E-state index contributed by atoms with van der Waals surface area (Å²) in [6.07, 6.45) is 5.66. The van der Waals surface area contributed by atoms with Crippen molar-refractivity contribution in [2.24, 2.45) is 0 Å². The zero-order valence-electron chi connectivity index (χ0n) is 18.0. The van der Waals surface area contributed by atoms with Crippen LogP contribution in [0.3, 0.4) is 0 Å². The zero-order valence-corrected chi connectivity index (χ0v) is 18.9. The summed E-state index contributed by atoms with van der Waals surface area (Å²) < 4.78 is 21.5. The molecule has 1 aliphatic carbocycles. The number of carbonyl (C=O) groups excluding carboxylic acids is 1. The smallest absolute Gasteiger partial charge is 0.233 e. The predicted molar refractivity (Wildman–Crippen MR) is 122 cm³/mol. The molecular weight excluding hydrogens is 427 g/mol. The van der Waals surface area contributed by atoms with Gasteiger partial charge < -0.3 is 10.1 Å². The summed E-state index contributed by atoms with van der Waals surface area (Å²) in [7, 11) is 0. The number of hydrogen-bond donors (Lipinski definition) is 1. The Morgan fingerprint density at radius 1 is 1.12 bits per heavy atom. The van der Waals surface area contributed by atoms with E-state index in [-0.39, 0.29) is 29.6 Å². The van der Waals surface area contributed by atoms with Crippen molar-refractivity contribution in [3.05, 3.63) is 66.2 Å². The van der Waals surface area contributed by atoms with E-state index in [1.807, 2.05) is 41.8 Å². The van der Waals surface area contributed by atoms with E-state index in [1.165, 1.54) is 37.1 Å². The Labute approximate surface area is 191 Å². The summed E-state index contributed by atoms with van der Waals surface area (Å²) in [5.41, 5.74) is 0.854. The number of thioether (sulfide) groups is 1. The van der Waals surface area contributed by atoms with Crippen LogP contribution in [0.5, 0.6) is 5.75 Å². The number of ether oxygens (including phenoxy) is 1. The fraction of sp³-hybridized carbons (Fsp3) is 0.375. The maximum atomic E-state index is 14.0. The minimum Gasteiger partial charge on any atom is -0.483 e. The highest BCUT2D eigenvalue weighted by molar-refractivity contribution is 8.00. The minimum atomic E-state index is -0.430. The van der Waals surface area contributed by atoms with Gasteiger partial charge in [-0.15, -0.1) is 10.2 Å². The minimum absolute atomic E-state index is 0.00803. The SMILES string of the molecule is CC(Sc1nnc(COc2ccccc2F)n1-c1ccccc1)C(=O)NC1CCCCC1. The van der Waals surface area contributed by atoms with Crippen LogP contribution >= 0.6 is 11.8 Å². The highest BCUT2D eigenvalue weighted by Crippen LogP contribution is 2.27. The fourth-order valence-corrected chi connectivity index (χ4v) is 4.68. The van der Waals surface area contributed by atoms with Crippen molar-refractivity contribution in [2.75, 3.05) is 0 Å². The molecule has 1 fully saturated rings. The van der Waals surface area contributed by atoms with Crippen LogP contribution in [0.1, 0.15) is 44.9 Å². The molecule has 1 atom stereocenters. The molecule has 1 unspecified atom stereocenters. The Morgan fingerprint density at radius 2 is 1.84 bits per heavy atom. The molecule has 6 nitrogen and oxygen atoms in total. The third-order valence-electron chi connectivity index (χ3n) is 5.51. The Morgan fingerprint density at radius 3 is 2.59 bits per heavy atom. The Kier molecular flexibility index (Phi) is 7.42. The molecule has 1 aliphatic rings. The van der Waals surface area contributed by atoms with E-state index in [1.54, 1.807) is 18.2 Å². The van der Waals surface area contributed by atoms with Crippen LogP contribution in [0.25, 0.3) is 5.69 Å². The van der Waals surface area contributed by atoms with Gasteiger partial charge in [-0.1, -0.05) is 61.4 Å². The number of nitrogens with zero attached hydrogens (tertiary/aromatic N) is 3. The van der Waals surface area contributed by atoms with Gasteiger partial charge >= 0.3 is 0 Å². The first-order chi connectivity index (χ1) is 15.6. The lowest BCUT2D eigenvalue weighted by Gasteiger charge is -2.24. The summed E-state index contributed by atoms with van der Waals surface area (Å²) in [5.74, 6) is 0.265. The topological polar surface area (TPSA) is 69.0 Å². The van der Waals surface area contributed by atoms with E-state index in [2.05, 4.69) is 15.5 Å². The maximum Gasteiger partial charge on any atom is 0.233 e. The molecule has 3 aromatic rings. The lowest BCUT2D eigenvalue weighted by molar-refractivity contribution is -0.121. The second kappa shape index (κ2) is 10.6. The van der Waals surface area contributed by atoms with E-state index in [4.69, 9.17) is 4.74 Å². The van der Waals surface area contributed by atoms with E-state index in [9.17, 15) is 9.18 Å². The number of hydrogen-bond acceptors (Lipinski definition) is 5. The number of benzene rings is 2. The van der Waals surface area contributed by atoms with Crippen LogP contribution in [0, 0.1) is 5.82 Å². The van der Waals surface area contributed by atoms with Crippen molar-refractivity contribution in [1.29, 1.82) is 0 Å². The number of halogens is 1. The number of aromatic nitrogens is 3. The molecule has 0 saturated heterocycles. The molecule has 0 spiro atoms. The van der Waals surface area contributed by atoms with Gasteiger partial charge in [-0.3, -0.25) is 9.36 Å². The standard InChI is InChI=1S/C24H27FN4O2S/c1-17(23(30)26-18-10-4-2-5-11-18)32-24-28-27-22(29(24)19-12-6-3-7-13-19)16-31-21-15-9-8-14-20(21)25/h3,6-9,12-15,17-18H,2,4-5,10-11,16H2,1H3,(H,26,30). The van der Waals surface area contributed by atoms with Gasteiger partial charge in [0.05, 0.1) is 5.25 Å². The lowest BCUT2D eigenvalue weighted by Crippen LogP contribution is -2.40. The van der Waals surface area contributed by atoms with Crippen molar-refractivity contribution in [1.82, 2.24) is 20.1 Å². The van der Waals surface area contributed by atoms with Crippen molar-refractivity contribution in [3.8, 4) is 11.4 Å². The highest BCUT2D eigenvalue weighted by Gasteiger charge is 2.24. The van der Waals surface area contributed by atoms with Gasteiger partial charge in [-0.05, 0) is 44.0 Å². The summed E-state index contributed by atoms with van der Waals surface area (Å²) in [6, 6.07) is 16.2. The maximum absolute atomic E-state index is 14.0. The first-order valence-corrected chi connectivity index (χ1v) is 11.8. The molecule has 1 heterocycles. The number of carbonyl (C=O) groups is 1. The second-order valence-electron chi connectivity index (χ2n) is 7.89. The third kappa shape index (κ3) is 5.48. The summed E-state index contributed by atoms with van der Waals surface area (Å²) in [4.78, 5) is 12.8. The molecule has 2 aromatic carbocycles. The lowest BCUT2D eigenvalue weighted by atomic mass is 9.95. The van der Waals surface area contributed by atoms with Crippen LogP contribution in [-0.4, -0.2) is 32.0 Å². The summed E-state index contributed by atoms with van der Waals surface area (Å²) in [5, 5.41) is 12.0. The molecule has 0 radical (unpaired) electrons. The van der Waals surface area contributed by atoms with Crippen LogP contribution in [-0.2, 0) is 11.4 Å². The number of amides is 1. The van der Waals surface area contributed by atoms with Crippen molar-refractivity contribution in [2.45, 2.75) is 62.1 Å². The van der Waals surface area contributed by atoms with Gasteiger partial charge in [-0.25, -0.2) is 4.39 Å². The highest BCUT2D eigenvalue weighted by atomic mass is 32.2. The van der Waals surface area contributed by atoms with Gasteiger partial charge in [0.15, 0.2) is 22.5 Å². The zero-order chi connectivity index (χ0) is 22.3. The molecule has 1 amide bonds. The first-order valence-electron chi connectivity index (χ1n) is 11.0. The molecular formula is C24H27FN4O2S. The fourth-order valence-electron chi connectivity index (χ4n) is 3.79. The average molecular weight is 455 g/mol. The van der Waals surface area contributed by atoms with Gasteiger partial charge in [0.25, 0.3) is 0 Å². The van der Waals surface area contributed by atoms with Crippen molar-refractivity contribution >= 4 is 17.7 Å². The molecule has 1 aromatic heterocycles. The third-order valence-corrected chi connectivity index (χ3v) is 6.55. The van der Waals surface area contributed by atoms with Crippen LogP contribution in [0.15, 0.2) is 59.8 Å². The normalized spacial score (nSPS) is 15.3. The Bertz CT molecular complexity index is 1040. The van der Waals surface area contributed by atoms with Gasteiger partial charge in [0.1, 0.15) is 6.61 Å². The monoisotopic (exact) mass is 454 g/mol. The summed E-state index contributed by atoms with van der Waals surface area (Å²) >= 11 is 1.36. The Hall–Kier alpha value is -2.87. The predicted octanol–water partition coefficient (Wildman–Crippen LogP) is 4.91. The largest absolute Gasteiger partial charge is 0.483 e. The molecule has 1 N–H and O–H groups in total. The quantitative estimate of drug-likeness (QED) is 0.490. The van der Waals surface area contributed by atoms with E-state index in [0.717, 1.165) is 18.5 Å². The molecule has 0 bridgehead atoms. The van der Waals surface area contributed by atoms with Gasteiger partial charge in [-0.2, -0.15) is 0 Å². The van der Waals surface area contributed by atoms with E-state index < -0.39 is 5.82 Å². The molecule has 168 valence electrons. The molecule has 1 saturated carbocycles. The van der Waals surface area contributed by atoms with Crippen molar-refractivity contribution in [3.63, 3.8) is 0 Å². The molecule has 8 heteroatoms. The second-order valence-corrected chi connectivity index (χ2v) is 9.20. The number of nitrogens with one attached hydrogen (secondary N) is 1. The average Bonchev–Trinajstić information content (AvgIpc) is 3.22. The summed E-state index contributed by atoms with van der Waals surface area (Å²) in [6.45, 7) is 1.92. The van der Waals surface area contributed by atoms with Crippen LogP contribution < -0.4 is 10.1 Å².